The van der Waals surface area contributed by atoms with E-state index in [1.807, 2.05) is 51.1 Å². The van der Waals surface area contributed by atoms with Gasteiger partial charge < -0.3 is 14.6 Å². The first-order valence-electron chi connectivity index (χ1n) is 9.75. The molecule has 0 bridgehead atoms. The molecule has 1 N–H and O–H groups in total. The molecule has 156 valence electrons. The fraction of sp³-hybridized carbons (Fsp3) is 0.261. The van der Waals surface area contributed by atoms with E-state index in [1.165, 1.54) is 4.57 Å². The van der Waals surface area contributed by atoms with Crippen LogP contribution in [-0.2, 0) is 16.1 Å². The van der Waals surface area contributed by atoms with Crippen LogP contribution in [0.5, 0.6) is 0 Å². The predicted molar refractivity (Wildman–Crippen MR) is 114 cm³/mol. The van der Waals surface area contributed by atoms with Crippen LogP contribution in [0.2, 0.25) is 0 Å². The largest absolute Gasteiger partial charge is 0.452 e. The van der Waals surface area contributed by atoms with Crippen molar-refractivity contribution < 1.29 is 14.3 Å². The van der Waals surface area contributed by atoms with Crippen molar-refractivity contribution >= 4 is 11.9 Å². The molecule has 3 rings (SSSR count). The van der Waals surface area contributed by atoms with E-state index in [1.54, 1.807) is 35.4 Å². The Labute approximate surface area is 174 Å². The molecule has 0 atom stereocenters. The van der Waals surface area contributed by atoms with E-state index in [0.29, 0.717) is 17.8 Å². The molecule has 0 saturated carbocycles. The molecule has 2 aromatic carbocycles. The molecule has 0 aliphatic heterocycles. The van der Waals surface area contributed by atoms with Gasteiger partial charge in [-0.05, 0) is 50.6 Å². The number of imidazole rings is 1. The van der Waals surface area contributed by atoms with E-state index < -0.39 is 5.97 Å². The summed E-state index contributed by atoms with van der Waals surface area (Å²) in [7, 11) is 0. The van der Waals surface area contributed by atoms with Crippen LogP contribution in [-0.4, -0.2) is 39.0 Å². The fourth-order valence-corrected chi connectivity index (χ4v) is 3.16. The molecule has 0 aliphatic carbocycles. The van der Waals surface area contributed by atoms with Crippen LogP contribution in [0.15, 0.2) is 65.6 Å². The Hall–Kier alpha value is -3.61. The number of esters is 1. The van der Waals surface area contributed by atoms with Crippen LogP contribution < -0.4 is 5.69 Å². The zero-order valence-corrected chi connectivity index (χ0v) is 17.3. The summed E-state index contributed by atoms with van der Waals surface area (Å²) in [6.45, 7) is 5.77. The predicted octanol–water partition coefficient (Wildman–Crippen LogP) is 3.07. The molecule has 7 heteroatoms. The molecular formula is C23H25N3O4. The zero-order chi connectivity index (χ0) is 21.7. The molecular weight excluding hydrogens is 382 g/mol. The molecule has 3 aromatic rings. The second kappa shape index (κ2) is 9.26. The van der Waals surface area contributed by atoms with E-state index in [9.17, 15) is 14.4 Å². The van der Waals surface area contributed by atoms with Gasteiger partial charge in [0.05, 0.1) is 11.3 Å². The van der Waals surface area contributed by atoms with Crippen LogP contribution in [0.25, 0.3) is 5.69 Å². The van der Waals surface area contributed by atoms with Crippen molar-refractivity contribution in [2.45, 2.75) is 33.4 Å². The highest BCUT2D eigenvalue weighted by atomic mass is 16.5. The molecule has 30 heavy (non-hydrogen) atoms. The van der Waals surface area contributed by atoms with Crippen LogP contribution in [0.4, 0.5) is 0 Å². The van der Waals surface area contributed by atoms with Gasteiger partial charge in [-0.3, -0.25) is 9.36 Å². The van der Waals surface area contributed by atoms with Crippen molar-refractivity contribution in [3.8, 4) is 5.69 Å². The lowest BCUT2D eigenvalue weighted by atomic mass is 10.2. The quantitative estimate of drug-likeness (QED) is 0.610. The first kappa shape index (κ1) is 21.1. The van der Waals surface area contributed by atoms with Crippen LogP contribution in [0.1, 0.15) is 35.5 Å². The topological polar surface area (TPSA) is 84.4 Å². The number of hydrogen-bond acceptors (Lipinski definition) is 4. The Kier molecular flexibility index (Phi) is 6.51. The minimum atomic E-state index is -0.587. The van der Waals surface area contributed by atoms with Gasteiger partial charge in [0.1, 0.15) is 0 Å². The number of aromatic amines is 1. The summed E-state index contributed by atoms with van der Waals surface area (Å²) in [4.78, 5) is 41.1. The van der Waals surface area contributed by atoms with Crippen LogP contribution in [0.3, 0.4) is 0 Å². The maximum atomic E-state index is 12.6. The summed E-state index contributed by atoms with van der Waals surface area (Å²) in [6, 6.07) is 16.1. The van der Waals surface area contributed by atoms with Gasteiger partial charge in [-0.2, -0.15) is 0 Å². The number of ether oxygens (including phenoxy) is 1. The minimum Gasteiger partial charge on any atom is -0.452 e. The SMILES string of the molecule is Cc1c[nH]c(=O)n1-c1ccc(C(=O)OCC(=O)N(Cc2ccccc2)C(C)C)cc1. The summed E-state index contributed by atoms with van der Waals surface area (Å²) in [5.41, 5.74) is 2.47. The standard InChI is InChI=1S/C23H25N3O4/c1-16(2)25(14-18-7-5-4-6-8-18)21(27)15-30-22(28)19-9-11-20(12-10-19)26-17(3)13-24-23(26)29/h4-13,16H,14-15H2,1-3H3,(H,24,29). The van der Waals surface area contributed by atoms with E-state index >= 15 is 0 Å². The monoisotopic (exact) mass is 407 g/mol. The third-order valence-corrected chi connectivity index (χ3v) is 4.79. The number of amides is 1. The Morgan fingerprint density at radius 3 is 2.30 bits per heavy atom. The lowest BCUT2D eigenvalue weighted by Crippen LogP contribution is -2.39. The van der Waals surface area contributed by atoms with E-state index in [-0.39, 0.29) is 24.2 Å². The number of carbonyl (C=O) groups excluding carboxylic acids is 2. The first-order chi connectivity index (χ1) is 14.4. The third kappa shape index (κ3) is 4.86. The molecule has 1 aromatic heterocycles. The Morgan fingerprint density at radius 1 is 1.07 bits per heavy atom. The zero-order valence-electron chi connectivity index (χ0n) is 17.3. The second-order valence-electron chi connectivity index (χ2n) is 7.29. The van der Waals surface area contributed by atoms with Gasteiger partial charge in [0.15, 0.2) is 6.61 Å². The summed E-state index contributed by atoms with van der Waals surface area (Å²) in [5, 5.41) is 0. The molecule has 0 fully saturated rings. The number of nitrogens with zero attached hydrogens (tertiary/aromatic N) is 2. The average Bonchev–Trinajstić information content (AvgIpc) is 3.08. The van der Waals surface area contributed by atoms with Gasteiger partial charge in [0, 0.05) is 24.5 Å². The summed E-state index contributed by atoms with van der Waals surface area (Å²) in [5.74, 6) is -0.843. The number of carbonyl (C=O) groups is 2. The van der Waals surface area contributed by atoms with Crippen molar-refractivity contribution in [1.82, 2.24) is 14.5 Å². The number of hydrogen-bond donors (Lipinski definition) is 1. The lowest BCUT2D eigenvalue weighted by Gasteiger charge is -2.26. The van der Waals surface area contributed by atoms with Gasteiger partial charge >= 0.3 is 11.7 Å². The molecule has 0 unspecified atom stereocenters. The molecule has 1 amide bonds. The number of nitrogens with one attached hydrogen (secondary N) is 1. The van der Waals surface area contributed by atoms with Gasteiger partial charge in [-0.25, -0.2) is 9.59 Å². The highest BCUT2D eigenvalue weighted by Crippen LogP contribution is 2.12. The number of aromatic nitrogens is 2. The van der Waals surface area contributed by atoms with Gasteiger partial charge in [0.25, 0.3) is 5.91 Å². The lowest BCUT2D eigenvalue weighted by molar-refractivity contribution is -0.136. The maximum Gasteiger partial charge on any atom is 0.338 e. The fourth-order valence-electron chi connectivity index (χ4n) is 3.16. The summed E-state index contributed by atoms with van der Waals surface area (Å²) < 4.78 is 6.73. The molecule has 1 heterocycles. The van der Waals surface area contributed by atoms with Crippen molar-refractivity contribution in [2.75, 3.05) is 6.61 Å². The first-order valence-corrected chi connectivity index (χ1v) is 9.75. The molecule has 0 aliphatic rings. The van der Waals surface area contributed by atoms with Gasteiger partial charge in [0.2, 0.25) is 0 Å². The Bertz CT molecular complexity index is 1070. The third-order valence-electron chi connectivity index (χ3n) is 4.79. The number of rotatable bonds is 7. The molecule has 7 nitrogen and oxygen atoms in total. The smallest absolute Gasteiger partial charge is 0.338 e. The number of aryl methyl sites for hydroxylation is 1. The summed E-state index contributed by atoms with van der Waals surface area (Å²) in [6.07, 6.45) is 1.62. The summed E-state index contributed by atoms with van der Waals surface area (Å²) >= 11 is 0. The Balaban J connectivity index is 1.62. The van der Waals surface area contributed by atoms with Gasteiger partial charge in [-0.15, -0.1) is 0 Å². The molecule has 0 spiro atoms. The van der Waals surface area contributed by atoms with Gasteiger partial charge in [-0.1, -0.05) is 30.3 Å². The number of benzene rings is 2. The highest BCUT2D eigenvalue weighted by molar-refractivity contribution is 5.91. The van der Waals surface area contributed by atoms with Crippen molar-refractivity contribution in [1.29, 1.82) is 0 Å². The molecule has 0 saturated heterocycles. The van der Waals surface area contributed by atoms with E-state index in [0.717, 1.165) is 11.3 Å². The van der Waals surface area contributed by atoms with E-state index in [2.05, 4.69) is 4.98 Å². The minimum absolute atomic E-state index is 0.0291. The number of H-pyrrole nitrogens is 1. The molecule has 0 radical (unpaired) electrons. The normalized spacial score (nSPS) is 10.8. The van der Waals surface area contributed by atoms with Crippen LogP contribution in [0, 0.1) is 6.92 Å². The van der Waals surface area contributed by atoms with Crippen molar-refractivity contribution in [3.63, 3.8) is 0 Å². The van der Waals surface area contributed by atoms with Crippen LogP contribution >= 0.6 is 0 Å². The van der Waals surface area contributed by atoms with Crippen molar-refractivity contribution in [2.24, 2.45) is 0 Å². The highest BCUT2D eigenvalue weighted by Gasteiger charge is 2.19. The second-order valence-corrected chi connectivity index (χ2v) is 7.29. The Morgan fingerprint density at radius 2 is 1.73 bits per heavy atom. The van der Waals surface area contributed by atoms with E-state index in [4.69, 9.17) is 4.74 Å². The van der Waals surface area contributed by atoms with Crippen molar-refractivity contribution in [3.05, 3.63) is 88.1 Å². The average molecular weight is 407 g/mol. The maximum absolute atomic E-state index is 12.6.